The molecule has 1 N–H and O–H groups in total. The van der Waals surface area contributed by atoms with Gasteiger partial charge in [0.05, 0.1) is 17.8 Å². The van der Waals surface area contributed by atoms with Crippen LogP contribution in [0.5, 0.6) is 0 Å². The van der Waals surface area contributed by atoms with Crippen molar-refractivity contribution < 1.29 is 9.90 Å². The molecule has 3 rings (SSSR count). The van der Waals surface area contributed by atoms with Gasteiger partial charge < -0.3 is 5.11 Å². The van der Waals surface area contributed by atoms with Gasteiger partial charge in [-0.15, -0.1) is 0 Å². The van der Waals surface area contributed by atoms with Crippen LogP contribution in [0.3, 0.4) is 0 Å². The van der Waals surface area contributed by atoms with Crippen molar-refractivity contribution in [1.29, 1.82) is 0 Å². The van der Waals surface area contributed by atoms with Crippen LogP contribution in [0.25, 0.3) is 5.69 Å². The Hall–Kier alpha value is -1.81. The lowest BCUT2D eigenvalue weighted by atomic mass is 9.79. The van der Waals surface area contributed by atoms with Gasteiger partial charge in [-0.05, 0) is 61.4 Å². The third-order valence-corrected chi connectivity index (χ3v) is 4.49. The molecule has 0 radical (unpaired) electrons. The molecule has 1 aliphatic carbocycles. The van der Waals surface area contributed by atoms with E-state index in [1.807, 2.05) is 41.3 Å². The second-order valence-electron chi connectivity index (χ2n) is 5.58. The Balaban J connectivity index is 1.71. The van der Waals surface area contributed by atoms with Gasteiger partial charge in [0.2, 0.25) is 0 Å². The molecule has 1 fully saturated rings. The maximum Gasteiger partial charge on any atom is 0.306 e. The van der Waals surface area contributed by atoms with Crippen LogP contribution in [0.15, 0.2) is 36.7 Å². The molecule has 0 aliphatic heterocycles. The summed E-state index contributed by atoms with van der Waals surface area (Å²) in [6.07, 6.45) is 7.28. The van der Waals surface area contributed by atoms with Crippen LogP contribution in [-0.2, 0) is 4.79 Å². The largest absolute Gasteiger partial charge is 0.481 e. The number of aromatic nitrogens is 2. The standard InChI is InChI=1S/C16H17ClN2O2/c17-14-5-7-15(8-6-14)19-10-13(9-18-19)11-1-3-12(4-2-11)16(20)21/h5-12H,1-4H2,(H,20,21). The van der Waals surface area contributed by atoms with Crippen LogP contribution in [0.4, 0.5) is 0 Å². The van der Waals surface area contributed by atoms with E-state index in [1.165, 1.54) is 5.56 Å². The fraction of sp³-hybridized carbons (Fsp3) is 0.375. The summed E-state index contributed by atoms with van der Waals surface area (Å²) >= 11 is 5.89. The molecule has 1 aliphatic rings. The van der Waals surface area contributed by atoms with Gasteiger partial charge >= 0.3 is 5.97 Å². The van der Waals surface area contributed by atoms with Gasteiger partial charge in [0, 0.05) is 11.2 Å². The molecule has 110 valence electrons. The smallest absolute Gasteiger partial charge is 0.306 e. The van der Waals surface area contributed by atoms with Crippen molar-refractivity contribution in [3.8, 4) is 5.69 Å². The second kappa shape index (κ2) is 5.90. The molecule has 0 unspecified atom stereocenters. The number of hydrogen-bond acceptors (Lipinski definition) is 2. The Morgan fingerprint density at radius 2 is 1.86 bits per heavy atom. The van der Waals surface area contributed by atoms with Crippen molar-refractivity contribution in [3.63, 3.8) is 0 Å². The molecule has 1 saturated carbocycles. The molecule has 1 heterocycles. The van der Waals surface area contributed by atoms with E-state index in [-0.39, 0.29) is 5.92 Å². The van der Waals surface area contributed by atoms with Gasteiger partial charge in [0.25, 0.3) is 0 Å². The summed E-state index contributed by atoms with van der Waals surface area (Å²) in [5, 5.41) is 14.2. The van der Waals surface area contributed by atoms with E-state index in [4.69, 9.17) is 16.7 Å². The highest BCUT2D eigenvalue weighted by Gasteiger charge is 2.27. The quantitative estimate of drug-likeness (QED) is 0.936. The van der Waals surface area contributed by atoms with Crippen molar-refractivity contribution in [1.82, 2.24) is 9.78 Å². The van der Waals surface area contributed by atoms with Crippen LogP contribution in [0.1, 0.15) is 37.2 Å². The minimum Gasteiger partial charge on any atom is -0.481 e. The zero-order chi connectivity index (χ0) is 14.8. The first kappa shape index (κ1) is 14.1. The van der Waals surface area contributed by atoms with Crippen molar-refractivity contribution in [2.45, 2.75) is 31.6 Å². The van der Waals surface area contributed by atoms with Gasteiger partial charge in [0.1, 0.15) is 0 Å². The van der Waals surface area contributed by atoms with Crippen LogP contribution in [0.2, 0.25) is 5.02 Å². The Labute approximate surface area is 128 Å². The molecule has 5 heteroatoms. The SMILES string of the molecule is O=C(O)C1CCC(c2cnn(-c3ccc(Cl)cc3)c2)CC1. The summed E-state index contributed by atoms with van der Waals surface area (Å²) in [7, 11) is 0. The molecule has 0 saturated heterocycles. The molecule has 4 nitrogen and oxygen atoms in total. The number of hydrogen-bond donors (Lipinski definition) is 1. The lowest BCUT2D eigenvalue weighted by Crippen LogP contribution is -2.20. The molecule has 0 amide bonds. The summed E-state index contributed by atoms with van der Waals surface area (Å²) in [5.74, 6) is -0.417. The Morgan fingerprint density at radius 3 is 2.48 bits per heavy atom. The monoisotopic (exact) mass is 304 g/mol. The maximum absolute atomic E-state index is 11.0. The molecule has 0 atom stereocenters. The average molecular weight is 305 g/mol. The number of aliphatic carboxylic acids is 1. The van der Waals surface area contributed by atoms with E-state index in [0.717, 1.165) is 31.4 Å². The number of rotatable bonds is 3. The van der Waals surface area contributed by atoms with Crippen molar-refractivity contribution in [3.05, 3.63) is 47.2 Å². The number of nitrogens with zero attached hydrogens (tertiary/aromatic N) is 2. The topological polar surface area (TPSA) is 55.1 Å². The molecule has 1 aromatic heterocycles. The molecule has 0 bridgehead atoms. The zero-order valence-electron chi connectivity index (χ0n) is 11.6. The fourth-order valence-corrected chi connectivity index (χ4v) is 3.08. The van der Waals surface area contributed by atoms with Gasteiger partial charge in [-0.2, -0.15) is 5.10 Å². The first-order chi connectivity index (χ1) is 10.1. The Morgan fingerprint density at radius 1 is 1.19 bits per heavy atom. The number of carboxylic acid groups (broad SMARTS) is 1. The first-order valence-corrected chi connectivity index (χ1v) is 7.54. The van der Waals surface area contributed by atoms with Gasteiger partial charge in [-0.3, -0.25) is 4.79 Å². The summed E-state index contributed by atoms with van der Waals surface area (Å²) < 4.78 is 1.84. The van der Waals surface area contributed by atoms with Crippen molar-refractivity contribution in [2.24, 2.45) is 5.92 Å². The minimum absolute atomic E-state index is 0.174. The fourth-order valence-electron chi connectivity index (χ4n) is 2.96. The third kappa shape index (κ3) is 3.10. The van der Waals surface area contributed by atoms with E-state index in [9.17, 15) is 4.79 Å². The Kier molecular flexibility index (Phi) is 3.97. The first-order valence-electron chi connectivity index (χ1n) is 7.17. The normalized spacial score (nSPS) is 22.1. The van der Waals surface area contributed by atoms with E-state index >= 15 is 0 Å². The second-order valence-corrected chi connectivity index (χ2v) is 6.02. The number of carboxylic acids is 1. The van der Waals surface area contributed by atoms with E-state index in [2.05, 4.69) is 5.10 Å². The predicted octanol–water partition coefficient (Wildman–Crippen LogP) is 3.88. The zero-order valence-corrected chi connectivity index (χ0v) is 12.3. The van der Waals surface area contributed by atoms with Crippen LogP contribution < -0.4 is 0 Å². The highest BCUT2D eigenvalue weighted by molar-refractivity contribution is 6.30. The molecule has 1 aromatic carbocycles. The third-order valence-electron chi connectivity index (χ3n) is 4.24. The summed E-state index contributed by atoms with van der Waals surface area (Å²) in [6, 6.07) is 7.55. The van der Waals surface area contributed by atoms with E-state index < -0.39 is 5.97 Å². The predicted molar refractivity (Wildman–Crippen MR) is 80.9 cm³/mol. The van der Waals surface area contributed by atoms with E-state index in [1.54, 1.807) is 0 Å². The molecular formula is C16H17ClN2O2. The summed E-state index contributed by atoms with van der Waals surface area (Å²) in [6.45, 7) is 0. The average Bonchev–Trinajstić information content (AvgIpc) is 2.98. The van der Waals surface area contributed by atoms with Crippen LogP contribution >= 0.6 is 11.6 Å². The summed E-state index contributed by atoms with van der Waals surface area (Å²) in [5.41, 5.74) is 2.17. The van der Waals surface area contributed by atoms with Gasteiger partial charge in [-0.25, -0.2) is 4.68 Å². The van der Waals surface area contributed by atoms with Crippen molar-refractivity contribution in [2.75, 3.05) is 0 Å². The lowest BCUT2D eigenvalue weighted by Gasteiger charge is -2.25. The highest BCUT2D eigenvalue weighted by atomic mass is 35.5. The number of halogens is 1. The van der Waals surface area contributed by atoms with Gasteiger partial charge in [-0.1, -0.05) is 11.6 Å². The van der Waals surface area contributed by atoms with Crippen LogP contribution in [0, 0.1) is 5.92 Å². The molecule has 2 aromatic rings. The number of carbonyl (C=O) groups is 1. The van der Waals surface area contributed by atoms with Gasteiger partial charge in [0.15, 0.2) is 0 Å². The number of benzene rings is 1. The molecule has 0 spiro atoms. The summed E-state index contributed by atoms with van der Waals surface area (Å²) in [4.78, 5) is 11.0. The maximum atomic E-state index is 11.0. The van der Waals surface area contributed by atoms with E-state index in [0.29, 0.717) is 10.9 Å². The highest BCUT2D eigenvalue weighted by Crippen LogP contribution is 2.35. The Bertz CT molecular complexity index is 628. The lowest BCUT2D eigenvalue weighted by molar-refractivity contribution is -0.142. The van der Waals surface area contributed by atoms with Crippen LogP contribution in [-0.4, -0.2) is 20.9 Å². The minimum atomic E-state index is -0.662. The molecular weight excluding hydrogens is 288 g/mol. The van der Waals surface area contributed by atoms with Crippen molar-refractivity contribution >= 4 is 17.6 Å². The molecule has 21 heavy (non-hydrogen) atoms.